The Labute approximate surface area is 111 Å². The van der Waals surface area contributed by atoms with Crippen LogP contribution in [0.3, 0.4) is 0 Å². The maximum absolute atomic E-state index is 9.86. The van der Waals surface area contributed by atoms with Crippen molar-refractivity contribution in [3.05, 3.63) is 36.0 Å². The molecule has 100 valence electrons. The number of benzene rings is 1. The highest BCUT2D eigenvalue weighted by Gasteiger charge is 2.61. The predicted octanol–water partition coefficient (Wildman–Crippen LogP) is 1.44. The van der Waals surface area contributed by atoms with E-state index in [0.717, 1.165) is 5.52 Å². The van der Waals surface area contributed by atoms with E-state index in [-0.39, 0.29) is 17.4 Å². The fourth-order valence-electron chi connectivity index (χ4n) is 3.39. The van der Waals surface area contributed by atoms with Crippen molar-refractivity contribution in [1.82, 2.24) is 4.98 Å². The van der Waals surface area contributed by atoms with E-state index >= 15 is 0 Å². The Balaban J connectivity index is 1.89. The molecule has 4 rings (SSSR count). The zero-order valence-corrected chi connectivity index (χ0v) is 10.7. The molecule has 2 aliphatic heterocycles. The number of H-pyrrole nitrogens is 1. The lowest BCUT2D eigenvalue weighted by atomic mass is 9.57. The molecule has 1 aromatic heterocycles. The van der Waals surface area contributed by atoms with Crippen LogP contribution < -0.4 is 0 Å². The summed E-state index contributed by atoms with van der Waals surface area (Å²) in [6.07, 6.45) is 2.07. The van der Waals surface area contributed by atoms with Crippen LogP contribution in [-0.4, -0.2) is 43.1 Å². The second-order valence-corrected chi connectivity index (χ2v) is 5.75. The zero-order chi connectivity index (χ0) is 12.9. The fraction of sp³-hybridized carbons (Fsp3) is 0.467. The van der Waals surface area contributed by atoms with Gasteiger partial charge >= 0.3 is 0 Å². The summed E-state index contributed by atoms with van der Waals surface area (Å²) in [6, 6.07) is 8.29. The van der Waals surface area contributed by atoms with Gasteiger partial charge in [-0.2, -0.15) is 0 Å². The smallest absolute Gasteiger partial charge is 0.0594 e. The topological polar surface area (TPSA) is 54.5 Å². The molecule has 4 nitrogen and oxygen atoms in total. The quantitative estimate of drug-likeness (QED) is 0.877. The summed E-state index contributed by atoms with van der Waals surface area (Å²) in [5.41, 5.74) is 2.10. The first kappa shape index (κ1) is 11.5. The van der Waals surface area contributed by atoms with Crippen molar-refractivity contribution in [3.8, 4) is 0 Å². The van der Waals surface area contributed by atoms with Gasteiger partial charge < -0.3 is 19.6 Å². The Bertz CT molecular complexity index is 605. The van der Waals surface area contributed by atoms with Crippen LogP contribution in [0.25, 0.3) is 10.9 Å². The number of fused-ring (bicyclic) bond motifs is 1. The van der Waals surface area contributed by atoms with E-state index in [0.29, 0.717) is 26.4 Å². The molecule has 2 N–H and O–H groups in total. The Morgan fingerprint density at radius 1 is 1.11 bits per heavy atom. The number of aliphatic hydroxyl groups is 1. The molecule has 0 radical (unpaired) electrons. The Kier molecular flexibility index (Phi) is 2.31. The van der Waals surface area contributed by atoms with E-state index in [1.165, 1.54) is 10.9 Å². The number of nitrogens with one attached hydrogen (secondary N) is 1. The minimum absolute atomic E-state index is 0.112. The van der Waals surface area contributed by atoms with Crippen molar-refractivity contribution in [2.75, 3.05) is 33.0 Å². The molecule has 4 heteroatoms. The van der Waals surface area contributed by atoms with Crippen molar-refractivity contribution < 1.29 is 14.6 Å². The molecule has 19 heavy (non-hydrogen) atoms. The summed E-state index contributed by atoms with van der Waals surface area (Å²) >= 11 is 0. The number of hydrogen-bond donors (Lipinski definition) is 2. The standard InChI is InChI=1S/C15H17NO3/c17-6-14(7-18-8-14)15(9-19-10-15)12-5-16-13-4-2-1-3-11(12)13/h1-5,16-17H,6-10H2. The first-order valence-corrected chi connectivity index (χ1v) is 6.64. The Hall–Kier alpha value is -1.36. The van der Waals surface area contributed by atoms with Crippen LogP contribution >= 0.6 is 0 Å². The summed E-state index contributed by atoms with van der Waals surface area (Å²) in [5.74, 6) is 0. The van der Waals surface area contributed by atoms with Crippen molar-refractivity contribution >= 4 is 10.9 Å². The van der Waals surface area contributed by atoms with Crippen LogP contribution in [0.5, 0.6) is 0 Å². The number of aliphatic hydroxyl groups excluding tert-OH is 1. The average molecular weight is 259 g/mol. The first-order chi connectivity index (χ1) is 9.31. The molecule has 0 saturated carbocycles. The number of ether oxygens (including phenoxy) is 2. The Morgan fingerprint density at radius 2 is 1.84 bits per heavy atom. The average Bonchev–Trinajstić information content (AvgIpc) is 2.75. The van der Waals surface area contributed by atoms with Gasteiger partial charge in [-0.25, -0.2) is 0 Å². The number of rotatable bonds is 3. The van der Waals surface area contributed by atoms with Gasteiger partial charge in [0, 0.05) is 17.1 Å². The lowest BCUT2D eigenvalue weighted by molar-refractivity contribution is -0.241. The molecule has 0 aliphatic carbocycles. The normalized spacial score (nSPS) is 23.8. The van der Waals surface area contributed by atoms with E-state index in [4.69, 9.17) is 9.47 Å². The van der Waals surface area contributed by atoms with Gasteiger partial charge in [0.05, 0.1) is 43.9 Å². The monoisotopic (exact) mass is 259 g/mol. The third-order valence-electron chi connectivity index (χ3n) is 4.88. The molecule has 2 fully saturated rings. The van der Waals surface area contributed by atoms with Gasteiger partial charge in [0.15, 0.2) is 0 Å². The minimum Gasteiger partial charge on any atom is -0.396 e. The molecule has 2 saturated heterocycles. The van der Waals surface area contributed by atoms with Crippen LogP contribution in [-0.2, 0) is 14.9 Å². The summed E-state index contributed by atoms with van der Waals surface area (Å²) in [7, 11) is 0. The van der Waals surface area contributed by atoms with E-state index in [2.05, 4.69) is 29.4 Å². The highest BCUT2D eigenvalue weighted by molar-refractivity contribution is 5.84. The lowest BCUT2D eigenvalue weighted by Crippen LogP contribution is -2.68. The van der Waals surface area contributed by atoms with Crippen LogP contribution in [0.4, 0.5) is 0 Å². The van der Waals surface area contributed by atoms with Crippen LogP contribution in [0, 0.1) is 5.41 Å². The summed E-state index contributed by atoms with van der Waals surface area (Å²) in [4.78, 5) is 3.33. The fourth-order valence-corrected chi connectivity index (χ4v) is 3.39. The molecular formula is C15H17NO3. The van der Waals surface area contributed by atoms with Gasteiger partial charge in [-0.05, 0) is 11.6 Å². The second-order valence-electron chi connectivity index (χ2n) is 5.75. The molecule has 0 bridgehead atoms. The van der Waals surface area contributed by atoms with Crippen molar-refractivity contribution in [2.24, 2.45) is 5.41 Å². The number of hydrogen-bond acceptors (Lipinski definition) is 3. The van der Waals surface area contributed by atoms with Crippen molar-refractivity contribution in [1.29, 1.82) is 0 Å². The van der Waals surface area contributed by atoms with E-state index < -0.39 is 0 Å². The maximum Gasteiger partial charge on any atom is 0.0594 e. The third-order valence-corrected chi connectivity index (χ3v) is 4.88. The molecule has 0 amide bonds. The van der Waals surface area contributed by atoms with Gasteiger partial charge in [0.2, 0.25) is 0 Å². The lowest BCUT2D eigenvalue weighted by Gasteiger charge is -2.58. The van der Waals surface area contributed by atoms with Crippen LogP contribution in [0.15, 0.2) is 30.5 Å². The van der Waals surface area contributed by atoms with Gasteiger partial charge in [-0.1, -0.05) is 18.2 Å². The molecule has 0 spiro atoms. The summed E-state index contributed by atoms with van der Waals surface area (Å²) in [5, 5.41) is 11.1. The largest absolute Gasteiger partial charge is 0.396 e. The van der Waals surface area contributed by atoms with Gasteiger partial charge in [-0.3, -0.25) is 0 Å². The van der Waals surface area contributed by atoms with Crippen LogP contribution in [0.2, 0.25) is 0 Å². The van der Waals surface area contributed by atoms with Gasteiger partial charge in [0.25, 0.3) is 0 Å². The highest BCUT2D eigenvalue weighted by Crippen LogP contribution is 2.53. The van der Waals surface area contributed by atoms with Gasteiger partial charge in [0.1, 0.15) is 0 Å². The summed E-state index contributed by atoms with van der Waals surface area (Å²) in [6.45, 7) is 2.71. The Morgan fingerprint density at radius 3 is 2.42 bits per heavy atom. The SMILES string of the molecule is OCC1(C2(c3c[nH]c4ccccc34)COC2)COC1. The number of aromatic nitrogens is 1. The first-order valence-electron chi connectivity index (χ1n) is 6.64. The molecule has 1 aromatic carbocycles. The highest BCUT2D eigenvalue weighted by atomic mass is 16.5. The molecule has 0 atom stereocenters. The van der Waals surface area contributed by atoms with Gasteiger partial charge in [-0.15, -0.1) is 0 Å². The van der Waals surface area contributed by atoms with E-state index in [1.54, 1.807) is 0 Å². The molecule has 3 heterocycles. The summed E-state index contributed by atoms with van der Waals surface area (Å²) < 4.78 is 10.9. The molecule has 2 aromatic rings. The maximum atomic E-state index is 9.86. The third kappa shape index (κ3) is 1.29. The number of para-hydroxylation sites is 1. The molecule has 0 unspecified atom stereocenters. The number of aromatic amines is 1. The van der Waals surface area contributed by atoms with Crippen molar-refractivity contribution in [3.63, 3.8) is 0 Å². The van der Waals surface area contributed by atoms with Crippen molar-refractivity contribution in [2.45, 2.75) is 5.41 Å². The van der Waals surface area contributed by atoms with E-state index in [9.17, 15) is 5.11 Å². The zero-order valence-electron chi connectivity index (χ0n) is 10.7. The molecule has 2 aliphatic rings. The predicted molar refractivity (Wildman–Crippen MR) is 71.1 cm³/mol. The minimum atomic E-state index is -0.184. The van der Waals surface area contributed by atoms with E-state index in [1.807, 2.05) is 6.07 Å². The molecular weight excluding hydrogens is 242 g/mol. The second kappa shape index (κ2) is 3.82. The van der Waals surface area contributed by atoms with Crippen LogP contribution in [0.1, 0.15) is 5.56 Å².